The van der Waals surface area contributed by atoms with Gasteiger partial charge >= 0.3 is 31.5 Å². The first-order valence-electron chi connectivity index (χ1n) is 32.6. The molecule has 4 saturated heterocycles. The monoisotopic (exact) mass is 1420 g/mol. The molecule has 26 heteroatoms. The number of hydrogen-bond donors (Lipinski definition) is 4. The molecule has 0 aliphatic carbocycles. The van der Waals surface area contributed by atoms with Crippen LogP contribution in [-0.4, -0.2) is 150 Å². The molecule has 4 atom stereocenters. The van der Waals surface area contributed by atoms with Gasteiger partial charge in [0.2, 0.25) is 23.6 Å². The highest BCUT2D eigenvalue weighted by Gasteiger charge is 2.40. The number of halogens is 1. The van der Waals surface area contributed by atoms with Gasteiger partial charge in [-0.3, -0.25) is 19.6 Å². The summed E-state index contributed by atoms with van der Waals surface area (Å²) in [6.45, 7) is 24.9. The van der Waals surface area contributed by atoms with Crippen molar-refractivity contribution in [2.45, 2.75) is 203 Å². The van der Waals surface area contributed by atoms with Gasteiger partial charge in [-0.25, -0.2) is 29.1 Å². The standard InChI is InChI=1S/C35H42N6O5.C18H22BrN3O2.C17H22BN3O5.3CH4/c1-34(2,3)45-32(42)40-19-7-9-27(40)29-36-21-26(37-29)24-15-11-22(12-16-24)23-13-17-25(18-14-23)30-38-39-31(44-30)28-10-8-20-41(28)33(43)46-35(4,5)6;1-18(2,3)24-17(23)22-10-4-5-15(22)16-20-11-14(21-16)12-6-8-13(19)9-7-12;1-17(2,3)26-16(22)21-10-4-5-13(21)15-20-19-14(25-15)11-6-8-12(9-7-11)18(23)24;;;/h11-18,21,27-28H,7-10,19-20H2,1-6H3,(H,36,37);6-9,11,15H,4-5,10H2,1-3H3,(H,20,21);6-9,13,23-24H,4-5,10H2,1-3H3;3*1H4/t27-,28-;15-;13-;;;/m001.../s1. The molecule has 0 radical (unpaired) electrons. The van der Waals surface area contributed by atoms with Crippen LogP contribution in [0.2, 0.25) is 0 Å². The third kappa shape index (κ3) is 20.2. The molecule has 4 fully saturated rings. The van der Waals surface area contributed by atoms with E-state index in [0.717, 1.165) is 107 Å². The first-order valence-corrected chi connectivity index (χ1v) is 33.4. The highest BCUT2D eigenvalue weighted by atomic mass is 79.9. The van der Waals surface area contributed by atoms with Gasteiger partial charge in [-0.15, -0.1) is 20.4 Å². The molecule has 532 valence electrons. The summed E-state index contributed by atoms with van der Waals surface area (Å²) in [5, 5.41) is 35.0. The maximum Gasteiger partial charge on any atom is 0.488 e. The SMILES string of the molecule is C.C.C.CC(C)(C)OC(=O)N1CCC[C@@H]1c1nnc(-c2ccc(B(O)O)cc2)o1.CC(C)(C)OC(=O)N1CCC[C@H]1c1ncc(-c2ccc(-c3ccc(-c4nnc([C@@H]5CCCN5C(=O)OC(C)(C)C)o4)cc3)cc2)[nH]1.CC(C)(C)OC(=O)N1CCC[C@H]1c1ncc(-c2ccc(Br)cc2)[nH]1. The molecular weight excluding hydrogens is 1330 g/mol. The fraction of sp³-hybridized carbons (Fsp3) is 0.479. The van der Waals surface area contributed by atoms with Gasteiger partial charge in [-0.1, -0.05) is 98.9 Å². The first-order chi connectivity index (χ1) is 45.4. The maximum absolute atomic E-state index is 12.8. The predicted octanol–water partition coefficient (Wildman–Crippen LogP) is 16.2. The Morgan fingerprint density at radius 1 is 0.434 bits per heavy atom. The van der Waals surface area contributed by atoms with E-state index in [2.05, 4.69) is 80.5 Å². The molecular formula is C73H98BBrN12O12. The molecule has 0 unspecified atom stereocenters. The van der Waals surface area contributed by atoms with Crippen LogP contribution in [0.5, 0.6) is 0 Å². The van der Waals surface area contributed by atoms with Crippen molar-refractivity contribution >= 4 is 52.9 Å². The van der Waals surface area contributed by atoms with Crippen molar-refractivity contribution in [3.8, 4) is 56.6 Å². The number of likely N-dealkylation sites (tertiary alicyclic amines) is 4. The minimum absolute atomic E-state index is 0. The van der Waals surface area contributed by atoms with Crippen LogP contribution >= 0.6 is 15.9 Å². The molecule has 0 bridgehead atoms. The molecule has 4 aliphatic heterocycles. The Kier molecular flexibility index (Phi) is 25.4. The van der Waals surface area contributed by atoms with Crippen molar-refractivity contribution in [2.24, 2.45) is 0 Å². The summed E-state index contributed by atoms with van der Waals surface area (Å²) in [5.41, 5.74) is 5.70. The number of imidazole rings is 2. The molecule has 8 aromatic rings. The molecule has 24 nitrogen and oxygen atoms in total. The molecule has 12 rings (SSSR count). The van der Waals surface area contributed by atoms with E-state index in [0.29, 0.717) is 60.8 Å². The normalized spacial score (nSPS) is 17.6. The largest absolute Gasteiger partial charge is 0.488 e. The summed E-state index contributed by atoms with van der Waals surface area (Å²) in [5.74, 6) is 3.11. The van der Waals surface area contributed by atoms with Crippen LogP contribution in [0.3, 0.4) is 0 Å². The molecule has 4 N–H and O–H groups in total. The third-order valence-corrected chi connectivity index (χ3v) is 16.6. The predicted molar refractivity (Wildman–Crippen MR) is 384 cm³/mol. The molecule has 4 aliphatic rings. The Hall–Kier alpha value is -8.88. The Labute approximate surface area is 590 Å². The zero-order valence-corrected chi connectivity index (χ0v) is 58.2. The van der Waals surface area contributed by atoms with Gasteiger partial charge < -0.3 is 47.8 Å². The molecule has 0 saturated carbocycles. The fourth-order valence-electron chi connectivity index (χ4n) is 11.7. The lowest BCUT2D eigenvalue weighted by Gasteiger charge is -2.27. The topological polar surface area (TPSA) is 294 Å². The van der Waals surface area contributed by atoms with Crippen molar-refractivity contribution in [1.29, 1.82) is 0 Å². The average molecular weight is 1430 g/mol. The van der Waals surface area contributed by atoms with E-state index in [9.17, 15) is 19.2 Å². The highest BCUT2D eigenvalue weighted by molar-refractivity contribution is 9.10. The lowest BCUT2D eigenvalue weighted by Crippen LogP contribution is -2.36. The number of nitrogens with one attached hydrogen (secondary N) is 2. The lowest BCUT2D eigenvalue weighted by molar-refractivity contribution is 0.0194. The number of benzene rings is 4. The van der Waals surface area contributed by atoms with Gasteiger partial charge in [0, 0.05) is 41.8 Å². The zero-order chi connectivity index (χ0) is 68.9. The van der Waals surface area contributed by atoms with Gasteiger partial charge in [0.1, 0.15) is 46.1 Å². The number of aromatic nitrogens is 8. The number of H-pyrrole nitrogens is 2. The second kappa shape index (κ2) is 32.4. The highest BCUT2D eigenvalue weighted by Crippen LogP contribution is 2.39. The Bertz CT molecular complexity index is 3810. The second-order valence-corrected chi connectivity index (χ2v) is 29.2. The lowest BCUT2D eigenvalue weighted by atomic mass is 9.80. The molecule has 0 spiro atoms. The van der Waals surface area contributed by atoms with Crippen LogP contribution in [0.25, 0.3) is 56.6 Å². The van der Waals surface area contributed by atoms with Crippen molar-refractivity contribution < 1.29 is 57.0 Å². The third-order valence-electron chi connectivity index (χ3n) is 16.1. The van der Waals surface area contributed by atoms with E-state index in [4.69, 9.17) is 37.8 Å². The molecule has 4 aromatic heterocycles. The van der Waals surface area contributed by atoms with Gasteiger partial charge in [0.15, 0.2) is 0 Å². The second-order valence-electron chi connectivity index (χ2n) is 28.2. The number of amides is 4. The summed E-state index contributed by atoms with van der Waals surface area (Å²) in [6.07, 6.45) is 9.10. The minimum Gasteiger partial charge on any atom is -0.444 e. The van der Waals surface area contributed by atoms with Crippen molar-refractivity contribution in [3.63, 3.8) is 0 Å². The van der Waals surface area contributed by atoms with Crippen LogP contribution in [0.15, 0.2) is 123 Å². The van der Waals surface area contributed by atoms with E-state index in [-0.39, 0.29) is 70.8 Å². The average Bonchev–Trinajstić information content (AvgIpc) is 1.71. The summed E-state index contributed by atoms with van der Waals surface area (Å²) in [7, 11) is -1.52. The zero-order valence-electron chi connectivity index (χ0n) is 56.6. The van der Waals surface area contributed by atoms with Crippen molar-refractivity contribution in [3.05, 3.63) is 137 Å². The summed E-state index contributed by atoms with van der Waals surface area (Å²) >= 11 is 3.44. The number of carbonyl (C=O) groups is 4. The summed E-state index contributed by atoms with van der Waals surface area (Å²) in [6, 6.07) is 30.0. The van der Waals surface area contributed by atoms with E-state index in [1.54, 1.807) is 43.9 Å². The Morgan fingerprint density at radius 2 is 0.717 bits per heavy atom. The van der Waals surface area contributed by atoms with Crippen LogP contribution in [0, 0.1) is 0 Å². The number of aromatic amines is 2. The van der Waals surface area contributed by atoms with E-state index in [1.807, 2.05) is 144 Å². The Morgan fingerprint density at radius 3 is 1.04 bits per heavy atom. The van der Waals surface area contributed by atoms with Crippen LogP contribution in [0.1, 0.15) is 204 Å². The maximum atomic E-state index is 12.8. The molecule has 4 aromatic carbocycles. The quantitative estimate of drug-likeness (QED) is 0.0730. The number of ether oxygens (including phenoxy) is 4. The van der Waals surface area contributed by atoms with Crippen LogP contribution in [0.4, 0.5) is 19.2 Å². The number of hydrogen-bond acceptors (Lipinski definition) is 18. The van der Waals surface area contributed by atoms with Crippen molar-refractivity contribution in [1.82, 2.24) is 59.9 Å². The number of nitrogens with zero attached hydrogens (tertiary/aromatic N) is 10. The molecule has 99 heavy (non-hydrogen) atoms. The van der Waals surface area contributed by atoms with Crippen LogP contribution in [-0.2, 0) is 18.9 Å². The first kappa shape index (κ1) is 77.5. The molecule has 8 heterocycles. The molecule has 4 amide bonds. The number of rotatable bonds is 10. The van der Waals surface area contributed by atoms with Gasteiger partial charge in [0.25, 0.3) is 0 Å². The summed E-state index contributed by atoms with van der Waals surface area (Å²) < 4.78 is 35.0. The smallest absolute Gasteiger partial charge is 0.444 e. The fourth-order valence-corrected chi connectivity index (χ4v) is 11.9. The van der Waals surface area contributed by atoms with E-state index >= 15 is 0 Å². The minimum atomic E-state index is -1.52. The van der Waals surface area contributed by atoms with Gasteiger partial charge in [-0.2, -0.15) is 0 Å². The summed E-state index contributed by atoms with van der Waals surface area (Å²) in [4.78, 5) is 73.0. The van der Waals surface area contributed by atoms with Gasteiger partial charge in [0.05, 0.1) is 35.9 Å². The van der Waals surface area contributed by atoms with Crippen LogP contribution < -0.4 is 5.46 Å². The van der Waals surface area contributed by atoms with E-state index < -0.39 is 29.5 Å². The number of carbonyl (C=O) groups excluding carboxylic acids is 4. The van der Waals surface area contributed by atoms with Gasteiger partial charge in [-0.05, 0) is 199 Å². The van der Waals surface area contributed by atoms with Crippen molar-refractivity contribution in [2.75, 3.05) is 26.2 Å². The van der Waals surface area contributed by atoms with E-state index in [1.165, 1.54) is 0 Å². The Balaban J connectivity index is 0.000000222.